The van der Waals surface area contributed by atoms with Gasteiger partial charge < -0.3 is 9.47 Å². The van der Waals surface area contributed by atoms with Gasteiger partial charge in [0.25, 0.3) is 0 Å². The molecule has 1 heterocycles. The van der Waals surface area contributed by atoms with Gasteiger partial charge in [0.05, 0.1) is 20.0 Å². The molecule has 0 saturated carbocycles. The van der Waals surface area contributed by atoms with Crippen molar-refractivity contribution in [2.75, 3.05) is 24.9 Å². The van der Waals surface area contributed by atoms with Crippen LogP contribution in [-0.2, 0) is 4.79 Å². The average molecular weight is 347 g/mol. The summed E-state index contributed by atoms with van der Waals surface area (Å²) >= 11 is 1.52. The van der Waals surface area contributed by atoms with Crippen LogP contribution in [0.15, 0.2) is 36.4 Å². The van der Waals surface area contributed by atoms with Crippen molar-refractivity contribution in [3.05, 3.63) is 53.3 Å². The molecule has 1 amide bonds. The summed E-state index contributed by atoms with van der Waals surface area (Å²) < 4.78 is 23.9. The fourth-order valence-electron chi connectivity index (χ4n) is 2.85. The van der Waals surface area contributed by atoms with Gasteiger partial charge in [-0.05, 0) is 36.2 Å². The topological polar surface area (TPSA) is 38.8 Å². The molecule has 1 saturated heterocycles. The molecule has 1 aliphatic rings. The smallest absolute Gasteiger partial charge is 0.238 e. The highest BCUT2D eigenvalue weighted by molar-refractivity contribution is 8.00. The summed E-state index contributed by atoms with van der Waals surface area (Å²) in [5.41, 5.74) is 2.52. The molecule has 1 fully saturated rings. The Morgan fingerprint density at radius 1 is 1.17 bits per heavy atom. The van der Waals surface area contributed by atoms with E-state index in [1.807, 2.05) is 13.0 Å². The first-order valence-electron chi connectivity index (χ1n) is 7.47. The number of nitrogens with zero attached hydrogens (tertiary/aromatic N) is 1. The number of methoxy groups -OCH3 is 2. The SMILES string of the molecule is COc1cc(N2C(=O)CSC2c2ccc(F)cc2)cc(C)c1OC. The highest BCUT2D eigenvalue weighted by atomic mass is 32.2. The number of rotatable bonds is 4. The molecule has 6 heteroatoms. The number of thioether (sulfide) groups is 1. The molecule has 4 nitrogen and oxygen atoms in total. The van der Waals surface area contributed by atoms with Gasteiger partial charge in [-0.25, -0.2) is 4.39 Å². The zero-order chi connectivity index (χ0) is 17.3. The molecule has 2 aromatic rings. The maximum Gasteiger partial charge on any atom is 0.238 e. The number of hydrogen-bond donors (Lipinski definition) is 0. The molecular formula is C18H18FNO3S. The van der Waals surface area contributed by atoms with Crippen LogP contribution in [-0.4, -0.2) is 25.9 Å². The number of anilines is 1. The van der Waals surface area contributed by atoms with Crippen molar-refractivity contribution in [1.82, 2.24) is 0 Å². The normalized spacial score (nSPS) is 17.2. The molecule has 0 bridgehead atoms. The zero-order valence-corrected chi connectivity index (χ0v) is 14.5. The van der Waals surface area contributed by atoms with Crippen molar-refractivity contribution in [1.29, 1.82) is 0 Å². The minimum absolute atomic E-state index is 0.0148. The third kappa shape index (κ3) is 2.94. The van der Waals surface area contributed by atoms with Gasteiger partial charge in [0.1, 0.15) is 11.2 Å². The minimum atomic E-state index is -0.290. The van der Waals surface area contributed by atoms with Gasteiger partial charge in [0.2, 0.25) is 5.91 Å². The van der Waals surface area contributed by atoms with Gasteiger partial charge >= 0.3 is 0 Å². The quantitative estimate of drug-likeness (QED) is 0.840. The predicted molar refractivity (Wildman–Crippen MR) is 93.4 cm³/mol. The number of amides is 1. The molecule has 126 valence electrons. The first kappa shape index (κ1) is 16.6. The predicted octanol–water partition coefficient (Wildman–Crippen LogP) is 3.93. The van der Waals surface area contributed by atoms with E-state index in [1.54, 1.807) is 37.3 Å². The van der Waals surface area contributed by atoms with E-state index in [2.05, 4.69) is 0 Å². The van der Waals surface area contributed by atoms with E-state index >= 15 is 0 Å². The molecule has 0 spiro atoms. The Bertz CT molecular complexity index is 764. The summed E-state index contributed by atoms with van der Waals surface area (Å²) in [5.74, 6) is 1.34. The van der Waals surface area contributed by atoms with Crippen molar-refractivity contribution in [2.24, 2.45) is 0 Å². The Morgan fingerprint density at radius 2 is 1.88 bits per heavy atom. The third-order valence-electron chi connectivity index (χ3n) is 3.95. The second kappa shape index (κ2) is 6.73. The molecule has 2 aromatic carbocycles. The monoisotopic (exact) mass is 347 g/mol. The summed E-state index contributed by atoms with van der Waals surface area (Å²) in [6.07, 6.45) is 0. The number of ether oxygens (including phenoxy) is 2. The van der Waals surface area contributed by atoms with E-state index in [0.717, 1.165) is 16.8 Å². The summed E-state index contributed by atoms with van der Waals surface area (Å²) in [4.78, 5) is 14.2. The Kier molecular flexibility index (Phi) is 4.66. The highest BCUT2D eigenvalue weighted by Gasteiger charge is 2.34. The van der Waals surface area contributed by atoms with Crippen LogP contribution >= 0.6 is 11.8 Å². The Hall–Kier alpha value is -2.21. The molecular weight excluding hydrogens is 329 g/mol. The van der Waals surface area contributed by atoms with Crippen LogP contribution in [0.25, 0.3) is 0 Å². The first-order valence-corrected chi connectivity index (χ1v) is 8.51. The number of benzene rings is 2. The number of halogens is 1. The van der Waals surface area contributed by atoms with Crippen molar-refractivity contribution >= 4 is 23.4 Å². The lowest BCUT2D eigenvalue weighted by Gasteiger charge is -2.26. The number of carbonyl (C=O) groups excluding carboxylic acids is 1. The molecule has 0 radical (unpaired) electrons. The lowest BCUT2D eigenvalue weighted by Crippen LogP contribution is -2.28. The lowest BCUT2D eigenvalue weighted by atomic mass is 10.1. The van der Waals surface area contributed by atoms with E-state index in [9.17, 15) is 9.18 Å². The van der Waals surface area contributed by atoms with Crippen molar-refractivity contribution < 1.29 is 18.7 Å². The molecule has 1 aliphatic heterocycles. The Morgan fingerprint density at radius 3 is 2.50 bits per heavy atom. The Labute approximate surface area is 144 Å². The van der Waals surface area contributed by atoms with Gasteiger partial charge in [0.15, 0.2) is 11.5 Å². The molecule has 0 aromatic heterocycles. The largest absolute Gasteiger partial charge is 0.493 e. The standard InChI is InChI=1S/C18H18FNO3S/c1-11-8-14(9-15(22-2)17(11)23-3)20-16(21)10-24-18(20)12-4-6-13(19)7-5-12/h4-9,18H,10H2,1-3H3. The fraction of sp³-hybridized carbons (Fsp3) is 0.278. The minimum Gasteiger partial charge on any atom is -0.493 e. The number of hydrogen-bond acceptors (Lipinski definition) is 4. The fourth-order valence-corrected chi connectivity index (χ4v) is 4.03. The number of aryl methyl sites for hydroxylation is 1. The summed E-state index contributed by atoms with van der Waals surface area (Å²) in [6.45, 7) is 1.91. The van der Waals surface area contributed by atoms with Crippen LogP contribution in [0, 0.1) is 12.7 Å². The third-order valence-corrected chi connectivity index (χ3v) is 5.16. The first-order chi connectivity index (χ1) is 11.5. The van der Waals surface area contributed by atoms with E-state index < -0.39 is 0 Å². The van der Waals surface area contributed by atoms with E-state index in [-0.39, 0.29) is 17.1 Å². The van der Waals surface area contributed by atoms with E-state index in [0.29, 0.717) is 17.3 Å². The lowest BCUT2D eigenvalue weighted by molar-refractivity contribution is -0.115. The van der Waals surface area contributed by atoms with Crippen LogP contribution in [0.2, 0.25) is 0 Å². The van der Waals surface area contributed by atoms with E-state index in [1.165, 1.54) is 23.9 Å². The van der Waals surface area contributed by atoms with Gasteiger partial charge in [-0.1, -0.05) is 12.1 Å². The zero-order valence-electron chi connectivity index (χ0n) is 13.7. The van der Waals surface area contributed by atoms with Crippen LogP contribution in [0.5, 0.6) is 11.5 Å². The highest BCUT2D eigenvalue weighted by Crippen LogP contribution is 2.44. The average Bonchev–Trinajstić information content (AvgIpc) is 2.96. The van der Waals surface area contributed by atoms with Crippen molar-refractivity contribution in [3.63, 3.8) is 0 Å². The maximum absolute atomic E-state index is 13.2. The summed E-state index contributed by atoms with van der Waals surface area (Å²) in [7, 11) is 3.15. The molecule has 0 aliphatic carbocycles. The second-order valence-corrected chi connectivity index (χ2v) is 6.55. The maximum atomic E-state index is 13.2. The van der Waals surface area contributed by atoms with Crippen LogP contribution in [0.3, 0.4) is 0 Å². The van der Waals surface area contributed by atoms with Crippen molar-refractivity contribution in [2.45, 2.75) is 12.3 Å². The van der Waals surface area contributed by atoms with Gasteiger partial charge in [-0.15, -0.1) is 11.8 Å². The number of carbonyl (C=O) groups is 1. The Balaban J connectivity index is 2.03. The second-order valence-electron chi connectivity index (χ2n) is 5.48. The molecule has 3 rings (SSSR count). The van der Waals surface area contributed by atoms with Crippen LogP contribution < -0.4 is 14.4 Å². The molecule has 1 atom stereocenters. The molecule has 0 N–H and O–H groups in total. The molecule has 1 unspecified atom stereocenters. The van der Waals surface area contributed by atoms with Crippen molar-refractivity contribution in [3.8, 4) is 11.5 Å². The summed E-state index contributed by atoms with van der Waals surface area (Å²) in [5, 5.41) is -0.185. The van der Waals surface area contributed by atoms with Crippen LogP contribution in [0.4, 0.5) is 10.1 Å². The van der Waals surface area contributed by atoms with Crippen LogP contribution in [0.1, 0.15) is 16.5 Å². The van der Waals surface area contributed by atoms with E-state index in [4.69, 9.17) is 9.47 Å². The molecule has 24 heavy (non-hydrogen) atoms. The summed E-state index contributed by atoms with van der Waals surface area (Å²) in [6, 6.07) is 9.96. The van der Waals surface area contributed by atoms with Gasteiger partial charge in [0, 0.05) is 11.8 Å². The van der Waals surface area contributed by atoms with Gasteiger partial charge in [-0.2, -0.15) is 0 Å². The van der Waals surface area contributed by atoms with Gasteiger partial charge in [-0.3, -0.25) is 9.69 Å².